The first-order valence-electron chi connectivity index (χ1n) is 5.19. The minimum atomic E-state index is -0.122. The Kier molecular flexibility index (Phi) is 4.09. The number of pyridine rings is 1. The van der Waals surface area contributed by atoms with Crippen LogP contribution in [0.3, 0.4) is 0 Å². The Labute approximate surface area is 89.9 Å². The highest BCUT2D eigenvalue weighted by molar-refractivity contribution is 5.98. The van der Waals surface area contributed by atoms with Gasteiger partial charge in [-0.05, 0) is 18.9 Å². The fourth-order valence-electron chi connectivity index (χ4n) is 1.37. The lowest BCUT2D eigenvalue weighted by molar-refractivity contribution is 0.0935. The monoisotopic (exact) mass is 207 g/mol. The summed E-state index contributed by atoms with van der Waals surface area (Å²) in [5, 5.41) is 2.93. The Balaban J connectivity index is 2.73. The first-order chi connectivity index (χ1) is 7.19. The molecule has 4 heteroatoms. The summed E-state index contributed by atoms with van der Waals surface area (Å²) in [4.78, 5) is 15.6. The second-order valence-electron chi connectivity index (χ2n) is 3.45. The topological polar surface area (TPSA) is 68.0 Å². The zero-order valence-electron chi connectivity index (χ0n) is 9.16. The van der Waals surface area contributed by atoms with Crippen molar-refractivity contribution >= 4 is 11.6 Å². The smallest absolute Gasteiger partial charge is 0.253 e. The quantitative estimate of drug-likeness (QED) is 0.787. The molecule has 0 aromatic carbocycles. The highest BCUT2D eigenvalue weighted by Crippen LogP contribution is 2.09. The molecule has 0 bridgehead atoms. The number of nitrogen functional groups attached to an aromatic ring is 1. The van der Waals surface area contributed by atoms with E-state index in [0.717, 1.165) is 12.8 Å². The molecule has 0 aliphatic heterocycles. The largest absolute Gasteiger partial charge is 0.397 e. The van der Waals surface area contributed by atoms with Gasteiger partial charge < -0.3 is 11.1 Å². The second kappa shape index (κ2) is 5.34. The molecule has 1 amide bonds. The lowest BCUT2D eigenvalue weighted by Gasteiger charge is -2.15. The van der Waals surface area contributed by atoms with Crippen LogP contribution in [0.4, 0.5) is 5.69 Å². The third-order valence-electron chi connectivity index (χ3n) is 2.42. The van der Waals surface area contributed by atoms with E-state index in [1.807, 2.05) is 13.8 Å². The molecule has 0 saturated heterocycles. The van der Waals surface area contributed by atoms with E-state index in [2.05, 4.69) is 10.3 Å². The van der Waals surface area contributed by atoms with Gasteiger partial charge in [0, 0.05) is 12.2 Å². The van der Waals surface area contributed by atoms with Crippen molar-refractivity contribution in [2.75, 3.05) is 5.73 Å². The number of aromatic nitrogens is 1. The van der Waals surface area contributed by atoms with Gasteiger partial charge in [0.25, 0.3) is 5.91 Å². The van der Waals surface area contributed by atoms with Crippen LogP contribution in [0.1, 0.15) is 37.0 Å². The Bertz CT molecular complexity index is 334. The van der Waals surface area contributed by atoms with Crippen molar-refractivity contribution in [3.8, 4) is 0 Å². The van der Waals surface area contributed by atoms with E-state index in [4.69, 9.17) is 5.73 Å². The molecule has 0 aliphatic carbocycles. The molecule has 0 atom stereocenters. The van der Waals surface area contributed by atoms with Crippen molar-refractivity contribution in [1.82, 2.24) is 10.3 Å². The molecule has 1 aromatic rings. The van der Waals surface area contributed by atoms with Crippen LogP contribution in [0, 0.1) is 0 Å². The number of nitrogens with zero attached hydrogens (tertiary/aromatic N) is 1. The minimum absolute atomic E-state index is 0.122. The first kappa shape index (κ1) is 11.5. The summed E-state index contributed by atoms with van der Waals surface area (Å²) >= 11 is 0. The maximum Gasteiger partial charge on any atom is 0.253 e. The molecule has 0 spiro atoms. The molecule has 82 valence electrons. The summed E-state index contributed by atoms with van der Waals surface area (Å²) in [7, 11) is 0. The van der Waals surface area contributed by atoms with E-state index >= 15 is 0 Å². The van der Waals surface area contributed by atoms with Crippen LogP contribution in [0.5, 0.6) is 0 Å². The summed E-state index contributed by atoms with van der Waals surface area (Å²) in [6.45, 7) is 4.09. The van der Waals surface area contributed by atoms with E-state index < -0.39 is 0 Å². The average molecular weight is 207 g/mol. The van der Waals surface area contributed by atoms with E-state index in [1.54, 1.807) is 12.3 Å². The number of amides is 1. The van der Waals surface area contributed by atoms with Gasteiger partial charge in [-0.3, -0.25) is 9.78 Å². The molecule has 0 saturated carbocycles. The van der Waals surface area contributed by atoms with Crippen LogP contribution >= 0.6 is 0 Å². The van der Waals surface area contributed by atoms with Crippen molar-refractivity contribution < 1.29 is 4.79 Å². The number of hydrogen-bond acceptors (Lipinski definition) is 3. The number of carbonyl (C=O) groups is 1. The van der Waals surface area contributed by atoms with Gasteiger partial charge in [0.2, 0.25) is 0 Å². The number of nitrogens with one attached hydrogen (secondary N) is 1. The van der Waals surface area contributed by atoms with Gasteiger partial charge in [-0.2, -0.15) is 0 Å². The van der Waals surface area contributed by atoms with E-state index in [0.29, 0.717) is 11.3 Å². The third-order valence-corrected chi connectivity index (χ3v) is 2.42. The summed E-state index contributed by atoms with van der Waals surface area (Å²) in [6, 6.07) is 1.85. The van der Waals surface area contributed by atoms with Gasteiger partial charge in [0.15, 0.2) is 0 Å². The SMILES string of the molecule is CCC(CC)NC(=O)c1ccncc1N. The summed E-state index contributed by atoms with van der Waals surface area (Å²) in [5.41, 5.74) is 6.57. The molecule has 3 N–H and O–H groups in total. The van der Waals surface area contributed by atoms with Gasteiger partial charge in [-0.15, -0.1) is 0 Å². The predicted octanol–water partition coefficient (Wildman–Crippen LogP) is 1.58. The molecule has 15 heavy (non-hydrogen) atoms. The Morgan fingerprint density at radius 1 is 1.53 bits per heavy atom. The first-order valence-corrected chi connectivity index (χ1v) is 5.19. The van der Waals surface area contributed by atoms with Crippen LogP contribution in [0.25, 0.3) is 0 Å². The molecule has 1 aromatic heterocycles. The molecule has 0 unspecified atom stereocenters. The zero-order chi connectivity index (χ0) is 11.3. The van der Waals surface area contributed by atoms with Crippen LogP contribution in [-0.2, 0) is 0 Å². The number of hydrogen-bond donors (Lipinski definition) is 2. The number of rotatable bonds is 4. The standard InChI is InChI=1S/C11H17N3O/c1-3-8(4-2)14-11(15)9-5-6-13-7-10(9)12/h5-8H,3-4,12H2,1-2H3,(H,14,15). The zero-order valence-corrected chi connectivity index (χ0v) is 9.16. The highest BCUT2D eigenvalue weighted by atomic mass is 16.1. The van der Waals surface area contributed by atoms with E-state index in [1.165, 1.54) is 6.20 Å². The predicted molar refractivity (Wildman–Crippen MR) is 60.5 cm³/mol. The van der Waals surface area contributed by atoms with Gasteiger partial charge in [0.05, 0.1) is 17.4 Å². The number of anilines is 1. The Morgan fingerprint density at radius 3 is 2.73 bits per heavy atom. The normalized spacial score (nSPS) is 10.3. The molecule has 0 aliphatic rings. The summed E-state index contributed by atoms with van der Waals surface area (Å²) < 4.78 is 0. The Morgan fingerprint density at radius 2 is 2.20 bits per heavy atom. The van der Waals surface area contributed by atoms with Crippen molar-refractivity contribution in [2.45, 2.75) is 32.7 Å². The molecule has 1 heterocycles. The average Bonchev–Trinajstić information content (AvgIpc) is 2.26. The summed E-state index contributed by atoms with van der Waals surface area (Å²) in [5.74, 6) is -0.122. The minimum Gasteiger partial charge on any atom is -0.397 e. The van der Waals surface area contributed by atoms with Gasteiger partial charge >= 0.3 is 0 Å². The lowest BCUT2D eigenvalue weighted by Crippen LogP contribution is -2.34. The van der Waals surface area contributed by atoms with Crippen molar-refractivity contribution in [3.63, 3.8) is 0 Å². The molecular formula is C11H17N3O. The van der Waals surface area contributed by atoms with Crippen molar-refractivity contribution in [2.24, 2.45) is 0 Å². The van der Waals surface area contributed by atoms with Crippen LogP contribution in [0.2, 0.25) is 0 Å². The van der Waals surface area contributed by atoms with Gasteiger partial charge in [-0.1, -0.05) is 13.8 Å². The van der Waals surface area contributed by atoms with Crippen LogP contribution in [0.15, 0.2) is 18.5 Å². The fraction of sp³-hybridized carbons (Fsp3) is 0.455. The maximum atomic E-state index is 11.8. The third kappa shape index (κ3) is 2.94. The molecular weight excluding hydrogens is 190 g/mol. The molecule has 0 fully saturated rings. The molecule has 4 nitrogen and oxygen atoms in total. The fourth-order valence-corrected chi connectivity index (χ4v) is 1.37. The van der Waals surface area contributed by atoms with Gasteiger partial charge in [0.1, 0.15) is 0 Å². The van der Waals surface area contributed by atoms with Crippen LogP contribution in [-0.4, -0.2) is 16.9 Å². The Hall–Kier alpha value is -1.58. The lowest BCUT2D eigenvalue weighted by atomic mass is 10.1. The van der Waals surface area contributed by atoms with E-state index in [-0.39, 0.29) is 11.9 Å². The number of nitrogens with two attached hydrogens (primary N) is 1. The molecule has 0 radical (unpaired) electrons. The summed E-state index contributed by atoms with van der Waals surface area (Å²) in [6.07, 6.45) is 4.90. The van der Waals surface area contributed by atoms with Crippen molar-refractivity contribution in [3.05, 3.63) is 24.0 Å². The van der Waals surface area contributed by atoms with Crippen LogP contribution < -0.4 is 11.1 Å². The van der Waals surface area contributed by atoms with Crippen molar-refractivity contribution in [1.29, 1.82) is 0 Å². The molecule has 1 rings (SSSR count). The highest BCUT2D eigenvalue weighted by Gasteiger charge is 2.12. The second-order valence-corrected chi connectivity index (χ2v) is 3.45. The maximum absolute atomic E-state index is 11.8. The van der Waals surface area contributed by atoms with Gasteiger partial charge in [-0.25, -0.2) is 0 Å². The number of carbonyl (C=O) groups excluding carboxylic acids is 1. The van der Waals surface area contributed by atoms with E-state index in [9.17, 15) is 4.79 Å².